The third kappa shape index (κ3) is 8.58. The maximum Gasteiger partial charge on any atom is 0.261 e. The van der Waals surface area contributed by atoms with E-state index in [0.29, 0.717) is 36.2 Å². The van der Waals surface area contributed by atoms with Gasteiger partial charge in [0.1, 0.15) is 0 Å². The zero-order valence-electron chi connectivity index (χ0n) is 28.4. The number of nitrogens with two attached hydrogens (primary N) is 1. The zero-order chi connectivity index (χ0) is 37.6. The third-order valence-electron chi connectivity index (χ3n) is 8.91. The van der Waals surface area contributed by atoms with Crippen molar-refractivity contribution in [3.05, 3.63) is 168 Å². The Morgan fingerprint density at radius 3 is 1.38 bits per heavy atom. The SMILES string of the molecule is Nc1ccc(-c2ccccc2)c2c1C(=O)CC2.O=C1CCc2c(-c3ccccc3)ccc(NS(=O)(=O)c3ccccc3)c21.O=S(=O)(Cl)c1ccccc1. The fourth-order valence-electron chi connectivity index (χ4n) is 6.46. The molecule has 0 atom stereocenters. The van der Waals surface area contributed by atoms with Crippen molar-refractivity contribution in [2.24, 2.45) is 0 Å². The van der Waals surface area contributed by atoms with Gasteiger partial charge in [0.05, 0.1) is 15.5 Å². The Kier molecular flexibility index (Phi) is 11.2. The molecule has 0 fully saturated rings. The highest BCUT2D eigenvalue weighted by Crippen LogP contribution is 2.38. The van der Waals surface area contributed by atoms with E-state index in [0.717, 1.165) is 45.4 Å². The smallest absolute Gasteiger partial charge is 0.261 e. The average Bonchev–Trinajstić information content (AvgIpc) is 3.77. The summed E-state index contributed by atoms with van der Waals surface area (Å²) >= 11 is 0. The maximum atomic E-state index is 12.6. The Bertz CT molecular complexity index is 2500. The number of rotatable bonds is 6. The maximum absolute atomic E-state index is 12.6. The van der Waals surface area contributed by atoms with E-state index >= 15 is 0 Å². The zero-order valence-corrected chi connectivity index (χ0v) is 30.8. The fourth-order valence-corrected chi connectivity index (χ4v) is 8.34. The second-order valence-electron chi connectivity index (χ2n) is 12.3. The van der Waals surface area contributed by atoms with Gasteiger partial charge in [-0.1, -0.05) is 109 Å². The van der Waals surface area contributed by atoms with E-state index in [-0.39, 0.29) is 21.4 Å². The van der Waals surface area contributed by atoms with Crippen molar-refractivity contribution in [2.45, 2.75) is 35.5 Å². The molecule has 0 amide bonds. The van der Waals surface area contributed by atoms with Gasteiger partial charge in [-0.05, 0) is 82.6 Å². The Morgan fingerprint density at radius 1 is 0.491 bits per heavy atom. The normalized spacial score (nSPS) is 13.2. The predicted molar refractivity (Wildman–Crippen MR) is 210 cm³/mol. The fraction of sp³-hybridized carbons (Fsp3) is 0.0952. The van der Waals surface area contributed by atoms with Gasteiger partial charge in [0.15, 0.2) is 11.6 Å². The van der Waals surface area contributed by atoms with Crippen LogP contribution in [0.4, 0.5) is 11.4 Å². The number of carbonyl (C=O) groups is 2. The molecule has 0 spiro atoms. The molecule has 6 aromatic rings. The van der Waals surface area contributed by atoms with E-state index in [1.54, 1.807) is 42.5 Å². The number of carbonyl (C=O) groups excluding carboxylic acids is 2. The summed E-state index contributed by atoms with van der Waals surface area (Å²) in [5.41, 5.74) is 14.4. The molecule has 268 valence electrons. The quantitative estimate of drug-likeness (QED) is 0.128. The molecule has 0 unspecified atom stereocenters. The van der Waals surface area contributed by atoms with Crippen LogP contribution in [0.2, 0.25) is 0 Å². The number of fused-ring (bicyclic) bond motifs is 2. The summed E-state index contributed by atoms with van der Waals surface area (Å²) in [7, 11) is -2.24. The number of anilines is 2. The molecule has 0 heterocycles. The van der Waals surface area contributed by atoms with E-state index in [1.165, 1.54) is 24.3 Å². The van der Waals surface area contributed by atoms with Crippen LogP contribution < -0.4 is 10.5 Å². The molecule has 11 heteroatoms. The predicted octanol–water partition coefficient (Wildman–Crippen LogP) is 8.96. The average molecular weight is 763 g/mol. The molecule has 6 aromatic carbocycles. The topological polar surface area (TPSA) is 140 Å². The molecule has 0 saturated heterocycles. The van der Waals surface area contributed by atoms with Gasteiger partial charge >= 0.3 is 0 Å². The van der Waals surface area contributed by atoms with E-state index in [9.17, 15) is 26.4 Å². The summed E-state index contributed by atoms with van der Waals surface area (Å²) in [6.07, 6.45) is 2.42. The van der Waals surface area contributed by atoms with Crippen LogP contribution in [-0.4, -0.2) is 28.4 Å². The molecular formula is C42H35ClN2O6S2. The van der Waals surface area contributed by atoms with Crippen LogP contribution in [0.15, 0.2) is 155 Å². The lowest BCUT2D eigenvalue weighted by molar-refractivity contribution is 0.0987. The van der Waals surface area contributed by atoms with Gasteiger partial charge in [-0.25, -0.2) is 16.8 Å². The summed E-state index contributed by atoms with van der Waals surface area (Å²) in [5.74, 6) is 0.152. The molecule has 2 aliphatic rings. The summed E-state index contributed by atoms with van der Waals surface area (Å²) < 4.78 is 49.1. The van der Waals surface area contributed by atoms with E-state index in [2.05, 4.69) is 16.9 Å². The summed E-state index contributed by atoms with van der Waals surface area (Å²) in [6, 6.07) is 43.4. The first-order chi connectivity index (χ1) is 25.4. The summed E-state index contributed by atoms with van der Waals surface area (Å²) in [5, 5.41) is 0. The summed E-state index contributed by atoms with van der Waals surface area (Å²) in [6.45, 7) is 0. The minimum Gasteiger partial charge on any atom is -0.398 e. The lowest BCUT2D eigenvalue weighted by Crippen LogP contribution is -2.15. The molecule has 8 rings (SSSR count). The van der Waals surface area contributed by atoms with Crippen molar-refractivity contribution < 1.29 is 26.4 Å². The monoisotopic (exact) mass is 762 g/mol. The number of hydrogen-bond donors (Lipinski definition) is 2. The standard InChI is InChI=1S/C21H17NO3S.C15H13NO.C6H5ClO2S/c23-20-14-12-18-17(15-7-3-1-4-8-15)11-13-19(21(18)20)22-26(24,25)16-9-5-2-6-10-16;16-13-8-6-11(10-4-2-1-3-5-10)12-7-9-14(17)15(12)13;7-10(8,9)6-4-2-1-3-5-6/h1-11,13,22H,12,14H2;1-6,8H,7,9,16H2;1-5H. The number of hydrogen-bond acceptors (Lipinski definition) is 7. The van der Waals surface area contributed by atoms with E-state index in [1.807, 2.05) is 66.7 Å². The molecule has 0 aliphatic heterocycles. The molecule has 0 radical (unpaired) electrons. The van der Waals surface area contributed by atoms with Crippen LogP contribution in [0, 0.1) is 0 Å². The van der Waals surface area contributed by atoms with Crippen molar-refractivity contribution in [3.63, 3.8) is 0 Å². The number of benzene rings is 6. The number of nitrogens with one attached hydrogen (secondary N) is 1. The number of sulfonamides is 1. The first kappa shape index (κ1) is 37.2. The molecule has 8 nitrogen and oxygen atoms in total. The van der Waals surface area contributed by atoms with Crippen LogP contribution in [0.3, 0.4) is 0 Å². The molecule has 0 aromatic heterocycles. The Hall–Kier alpha value is -5.55. The van der Waals surface area contributed by atoms with Gasteiger partial charge in [-0.3, -0.25) is 14.3 Å². The highest BCUT2D eigenvalue weighted by molar-refractivity contribution is 8.13. The van der Waals surface area contributed by atoms with E-state index < -0.39 is 19.1 Å². The molecule has 0 bridgehead atoms. The summed E-state index contributed by atoms with van der Waals surface area (Å²) in [4.78, 5) is 24.6. The molecule has 53 heavy (non-hydrogen) atoms. The Balaban J connectivity index is 0.000000152. The van der Waals surface area contributed by atoms with Crippen molar-refractivity contribution in [1.82, 2.24) is 0 Å². The molecular weight excluding hydrogens is 728 g/mol. The van der Waals surface area contributed by atoms with Gasteiger partial charge in [-0.15, -0.1) is 0 Å². The first-order valence-corrected chi connectivity index (χ1v) is 20.6. The van der Waals surface area contributed by atoms with Crippen molar-refractivity contribution in [2.75, 3.05) is 10.5 Å². The number of Topliss-reactive ketones (excluding diaryl/α,β-unsaturated/α-hetero) is 2. The highest BCUT2D eigenvalue weighted by Gasteiger charge is 2.28. The number of halogens is 1. The van der Waals surface area contributed by atoms with Gasteiger partial charge < -0.3 is 5.73 Å². The molecule has 0 saturated carbocycles. The van der Waals surface area contributed by atoms with Crippen molar-refractivity contribution in [1.29, 1.82) is 0 Å². The van der Waals surface area contributed by atoms with Gasteiger partial charge in [0.25, 0.3) is 19.1 Å². The minimum absolute atomic E-state index is 0.0245. The lowest BCUT2D eigenvalue weighted by Gasteiger charge is -2.14. The van der Waals surface area contributed by atoms with Crippen molar-refractivity contribution in [3.8, 4) is 22.3 Å². The third-order valence-corrected chi connectivity index (χ3v) is 11.7. The second kappa shape index (κ2) is 16.0. The Morgan fingerprint density at radius 2 is 0.906 bits per heavy atom. The second-order valence-corrected chi connectivity index (χ2v) is 16.6. The van der Waals surface area contributed by atoms with Crippen LogP contribution in [0.1, 0.15) is 44.7 Å². The van der Waals surface area contributed by atoms with Gasteiger partial charge in [0.2, 0.25) is 0 Å². The van der Waals surface area contributed by atoms with Gasteiger partial charge in [0, 0.05) is 40.3 Å². The molecule has 3 N–H and O–H groups in total. The molecule has 2 aliphatic carbocycles. The largest absolute Gasteiger partial charge is 0.398 e. The van der Waals surface area contributed by atoms with Crippen LogP contribution >= 0.6 is 10.7 Å². The first-order valence-electron chi connectivity index (χ1n) is 16.8. The highest BCUT2D eigenvalue weighted by atomic mass is 35.7. The van der Waals surface area contributed by atoms with Crippen LogP contribution in [-0.2, 0) is 31.9 Å². The Labute approximate surface area is 313 Å². The van der Waals surface area contributed by atoms with Crippen LogP contribution in [0.25, 0.3) is 22.3 Å². The number of ketones is 2. The number of nitrogen functional groups attached to an aromatic ring is 1. The lowest BCUT2D eigenvalue weighted by atomic mass is 9.96. The van der Waals surface area contributed by atoms with E-state index in [4.69, 9.17) is 16.4 Å². The van der Waals surface area contributed by atoms with Crippen LogP contribution in [0.5, 0.6) is 0 Å². The minimum atomic E-state index is -3.74. The van der Waals surface area contributed by atoms with Crippen molar-refractivity contribution >= 4 is 52.7 Å². The van der Waals surface area contributed by atoms with Gasteiger partial charge in [-0.2, -0.15) is 0 Å².